The third-order valence-electron chi connectivity index (χ3n) is 3.02. The van der Waals surface area contributed by atoms with Crippen molar-refractivity contribution < 1.29 is 14.7 Å². The Morgan fingerprint density at radius 1 is 1.28 bits per heavy atom. The van der Waals surface area contributed by atoms with Gasteiger partial charge in [-0.15, -0.1) is 0 Å². The first-order chi connectivity index (χ1) is 8.27. The molecule has 0 saturated heterocycles. The predicted molar refractivity (Wildman–Crippen MR) is 75.8 cm³/mol. The molecule has 0 fully saturated rings. The lowest BCUT2D eigenvalue weighted by Crippen LogP contribution is -2.30. The SMILES string of the molecule is CSCC(=O)NCCC(CCC(=O)O)C(C)(C)C. The van der Waals surface area contributed by atoms with Gasteiger partial charge >= 0.3 is 5.97 Å². The van der Waals surface area contributed by atoms with Gasteiger partial charge in [0, 0.05) is 13.0 Å². The van der Waals surface area contributed by atoms with Crippen LogP contribution in [0.15, 0.2) is 0 Å². The van der Waals surface area contributed by atoms with Crippen LogP contribution in [0.1, 0.15) is 40.0 Å². The summed E-state index contributed by atoms with van der Waals surface area (Å²) in [6, 6.07) is 0. The molecule has 0 radical (unpaired) electrons. The molecule has 0 aliphatic heterocycles. The van der Waals surface area contributed by atoms with E-state index < -0.39 is 5.97 Å². The van der Waals surface area contributed by atoms with Gasteiger partial charge in [0.2, 0.25) is 5.91 Å². The van der Waals surface area contributed by atoms with E-state index in [0.717, 1.165) is 6.42 Å². The topological polar surface area (TPSA) is 66.4 Å². The number of carboxylic acids is 1. The molecule has 0 aromatic rings. The number of amides is 1. The molecule has 1 unspecified atom stereocenters. The summed E-state index contributed by atoms with van der Waals surface area (Å²) in [7, 11) is 0. The van der Waals surface area contributed by atoms with Crippen LogP contribution in [0.2, 0.25) is 0 Å². The molecule has 2 N–H and O–H groups in total. The summed E-state index contributed by atoms with van der Waals surface area (Å²) < 4.78 is 0. The Kier molecular flexibility index (Phi) is 8.07. The van der Waals surface area contributed by atoms with Gasteiger partial charge in [-0.1, -0.05) is 20.8 Å². The average molecular weight is 275 g/mol. The maximum Gasteiger partial charge on any atom is 0.303 e. The van der Waals surface area contributed by atoms with Crippen LogP contribution < -0.4 is 5.32 Å². The van der Waals surface area contributed by atoms with Crippen LogP contribution in [0, 0.1) is 11.3 Å². The van der Waals surface area contributed by atoms with Crippen LogP contribution in [-0.4, -0.2) is 35.5 Å². The van der Waals surface area contributed by atoms with Crippen molar-refractivity contribution in [2.24, 2.45) is 11.3 Å². The third kappa shape index (κ3) is 8.39. The number of nitrogens with one attached hydrogen (secondary N) is 1. The van der Waals surface area contributed by atoms with Crippen LogP contribution in [0.4, 0.5) is 0 Å². The number of hydrogen-bond acceptors (Lipinski definition) is 3. The normalized spacial score (nSPS) is 13.1. The first kappa shape index (κ1) is 17.3. The van der Waals surface area contributed by atoms with Gasteiger partial charge in [-0.05, 0) is 30.4 Å². The zero-order valence-electron chi connectivity index (χ0n) is 11.8. The van der Waals surface area contributed by atoms with Gasteiger partial charge in [-0.2, -0.15) is 11.8 Å². The van der Waals surface area contributed by atoms with Gasteiger partial charge in [0.15, 0.2) is 0 Å². The van der Waals surface area contributed by atoms with Crippen molar-refractivity contribution in [3.8, 4) is 0 Å². The Balaban J connectivity index is 4.10. The van der Waals surface area contributed by atoms with E-state index in [9.17, 15) is 9.59 Å². The summed E-state index contributed by atoms with van der Waals surface area (Å²) in [6.07, 6.45) is 3.58. The summed E-state index contributed by atoms with van der Waals surface area (Å²) in [4.78, 5) is 21.9. The fraction of sp³-hybridized carbons (Fsp3) is 0.846. The number of carbonyl (C=O) groups excluding carboxylic acids is 1. The summed E-state index contributed by atoms with van der Waals surface area (Å²) in [5.74, 6) is 0.0854. The lowest BCUT2D eigenvalue weighted by molar-refractivity contribution is -0.137. The number of carbonyl (C=O) groups is 2. The number of aliphatic carboxylic acids is 1. The van der Waals surface area contributed by atoms with Gasteiger partial charge < -0.3 is 10.4 Å². The molecule has 1 atom stereocenters. The summed E-state index contributed by atoms with van der Waals surface area (Å²) >= 11 is 1.50. The number of hydrogen-bond donors (Lipinski definition) is 2. The lowest BCUT2D eigenvalue weighted by atomic mass is 9.76. The largest absolute Gasteiger partial charge is 0.481 e. The average Bonchev–Trinajstić information content (AvgIpc) is 2.21. The molecule has 106 valence electrons. The molecule has 0 aromatic carbocycles. The molecule has 5 heteroatoms. The second-order valence-electron chi connectivity index (χ2n) is 5.57. The van der Waals surface area contributed by atoms with Crippen LogP contribution >= 0.6 is 11.8 Å². The van der Waals surface area contributed by atoms with Crippen LogP contribution in [0.25, 0.3) is 0 Å². The molecule has 0 aliphatic rings. The summed E-state index contributed by atoms with van der Waals surface area (Å²) in [5, 5.41) is 11.6. The Morgan fingerprint density at radius 2 is 1.89 bits per heavy atom. The van der Waals surface area contributed by atoms with Gasteiger partial charge in [0.05, 0.1) is 5.75 Å². The zero-order chi connectivity index (χ0) is 14.2. The molecular formula is C13H25NO3S. The Bertz CT molecular complexity index is 274. The van der Waals surface area contributed by atoms with E-state index in [-0.39, 0.29) is 17.7 Å². The fourth-order valence-electron chi connectivity index (χ4n) is 1.88. The van der Waals surface area contributed by atoms with Crippen molar-refractivity contribution in [3.63, 3.8) is 0 Å². The van der Waals surface area contributed by atoms with Crippen molar-refractivity contribution in [2.45, 2.75) is 40.0 Å². The lowest BCUT2D eigenvalue weighted by Gasteiger charge is -2.30. The molecule has 0 aromatic heterocycles. The first-order valence-electron chi connectivity index (χ1n) is 6.24. The van der Waals surface area contributed by atoms with E-state index in [0.29, 0.717) is 24.6 Å². The van der Waals surface area contributed by atoms with E-state index in [1.807, 2.05) is 6.26 Å². The van der Waals surface area contributed by atoms with Crippen molar-refractivity contribution in [2.75, 3.05) is 18.6 Å². The van der Waals surface area contributed by atoms with Gasteiger partial charge in [-0.3, -0.25) is 9.59 Å². The number of rotatable bonds is 8. The monoisotopic (exact) mass is 275 g/mol. The first-order valence-corrected chi connectivity index (χ1v) is 7.64. The molecular weight excluding hydrogens is 250 g/mol. The van der Waals surface area contributed by atoms with Crippen molar-refractivity contribution in [1.82, 2.24) is 5.32 Å². The van der Waals surface area contributed by atoms with Gasteiger partial charge in [0.1, 0.15) is 0 Å². The molecule has 4 nitrogen and oxygen atoms in total. The van der Waals surface area contributed by atoms with Gasteiger partial charge in [-0.25, -0.2) is 0 Å². The quantitative estimate of drug-likeness (QED) is 0.714. The molecule has 0 rings (SSSR count). The molecule has 0 saturated carbocycles. The third-order valence-corrected chi connectivity index (χ3v) is 3.57. The highest BCUT2D eigenvalue weighted by molar-refractivity contribution is 7.99. The Labute approximate surface area is 114 Å². The van der Waals surface area contributed by atoms with Crippen LogP contribution in [0.5, 0.6) is 0 Å². The molecule has 0 bridgehead atoms. The van der Waals surface area contributed by atoms with Crippen molar-refractivity contribution in [1.29, 1.82) is 0 Å². The highest BCUT2D eigenvalue weighted by atomic mass is 32.2. The maximum atomic E-state index is 11.3. The second-order valence-corrected chi connectivity index (χ2v) is 6.43. The number of carboxylic acid groups (broad SMARTS) is 1. The molecule has 0 aliphatic carbocycles. The molecule has 0 heterocycles. The Morgan fingerprint density at radius 3 is 2.33 bits per heavy atom. The minimum atomic E-state index is -0.754. The second kappa shape index (κ2) is 8.40. The highest BCUT2D eigenvalue weighted by Gasteiger charge is 2.24. The summed E-state index contributed by atoms with van der Waals surface area (Å²) in [6.45, 7) is 6.97. The fourth-order valence-corrected chi connectivity index (χ4v) is 2.24. The smallest absolute Gasteiger partial charge is 0.303 e. The van der Waals surface area contributed by atoms with E-state index in [1.165, 1.54) is 11.8 Å². The molecule has 18 heavy (non-hydrogen) atoms. The van der Waals surface area contributed by atoms with Crippen molar-refractivity contribution in [3.05, 3.63) is 0 Å². The van der Waals surface area contributed by atoms with Crippen LogP contribution in [-0.2, 0) is 9.59 Å². The molecule has 1 amide bonds. The van der Waals surface area contributed by atoms with E-state index in [1.54, 1.807) is 0 Å². The summed E-state index contributed by atoms with van der Waals surface area (Å²) in [5.41, 5.74) is 0.0691. The molecule has 0 spiro atoms. The predicted octanol–water partition coefficient (Wildman–Crippen LogP) is 2.38. The van der Waals surface area contributed by atoms with E-state index >= 15 is 0 Å². The van der Waals surface area contributed by atoms with Crippen LogP contribution in [0.3, 0.4) is 0 Å². The maximum absolute atomic E-state index is 11.3. The van der Waals surface area contributed by atoms with Gasteiger partial charge in [0.25, 0.3) is 0 Å². The minimum Gasteiger partial charge on any atom is -0.481 e. The minimum absolute atomic E-state index is 0.0494. The van der Waals surface area contributed by atoms with E-state index in [2.05, 4.69) is 26.1 Å². The highest BCUT2D eigenvalue weighted by Crippen LogP contribution is 2.32. The number of thioether (sulfide) groups is 1. The standard InChI is InChI=1S/C13H25NO3S/c1-13(2,3)10(5-6-12(16)17)7-8-14-11(15)9-18-4/h10H,5-9H2,1-4H3,(H,14,15)(H,16,17). The zero-order valence-corrected chi connectivity index (χ0v) is 12.6. The Hall–Kier alpha value is -0.710. The van der Waals surface area contributed by atoms with E-state index in [4.69, 9.17) is 5.11 Å². The van der Waals surface area contributed by atoms with Crippen molar-refractivity contribution >= 4 is 23.6 Å².